The summed E-state index contributed by atoms with van der Waals surface area (Å²) in [6.07, 6.45) is 0.808. The van der Waals surface area contributed by atoms with Crippen molar-refractivity contribution >= 4 is 17.6 Å². The molecule has 26 heavy (non-hydrogen) atoms. The second-order valence-corrected chi connectivity index (χ2v) is 5.91. The number of para-hydroxylation sites is 1. The van der Waals surface area contributed by atoms with Gasteiger partial charge in [0.1, 0.15) is 6.61 Å². The molecular weight excluding hydrogens is 340 g/mol. The Morgan fingerprint density at radius 3 is 2.73 bits per heavy atom. The molecule has 1 heterocycles. The van der Waals surface area contributed by atoms with Crippen LogP contribution in [-0.4, -0.2) is 36.6 Å². The molecule has 0 aromatic heterocycles. The number of esters is 1. The van der Waals surface area contributed by atoms with Crippen LogP contribution < -0.4 is 5.32 Å². The number of carbonyl (C=O) groups excluding carboxylic acids is 2. The van der Waals surface area contributed by atoms with E-state index < -0.39 is 16.8 Å². The van der Waals surface area contributed by atoms with Crippen LogP contribution in [0.2, 0.25) is 0 Å². The van der Waals surface area contributed by atoms with Crippen molar-refractivity contribution in [2.45, 2.75) is 32.6 Å². The third-order valence-electron chi connectivity index (χ3n) is 4.01. The maximum atomic E-state index is 12.6. The molecule has 2 rings (SSSR count). The van der Waals surface area contributed by atoms with Gasteiger partial charge in [-0.15, -0.1) is 0 Å². The van der Waals surface area contributed by atoms with E-state index in [0.717, 1.165) is 6.42 Å². The van der Waals surface area contributed by atoms with Crippen molar-refractivity contribution in [1.29, 1.82) is 0 Å². The molecular formula is C18H22N2O6. The summed E-state index contributed by atoms with van der Waals surface area (Å²) in [5.74, 6) is -1.63. The third kappa shape index (κ3) is 4.66. The fraction of sp³-hybridized carbons (Fsp3) is 0.444. The van der Waals surface area contributed by atoms with Gasteiger partial charge in [-0.1, -0.05) is 25.1 Å². The molecule has 0 saturated carbocycles. The van der Waals surface area contributed by atoms with E-state index >= 15 is 0 Å². The van der Waals surface area contributed by atoms with Crippen LogP contribution in [0, 0.1) is 10.1 Å². The van der Waals surface area contributed by atoms with Crippen molar-refractivity contribution in [1.82, 2.24) is 5.32 Å². The number of ether oxygens (including phenoxy) is 2. The molecule has 1 aliphatic rings. The number of nitrogens with one attached hydrogen (secondary N) is 1. The molecule has 1 amide bonds. The molecule has 0 aliphatic carbocycles. The number of carbonyl (C=O) groups is 2. The Labute approximate surface area is 151 Å². The summed E-state index contributed by atoms with van der Waals surface area (Å²) in [6, 6.07) is 6.11. The van der Waals surface area contributed by atoms with Gasteiger partial charge in [-0.3, -0.25) is 14.9 Å². The summed E-state index contributed by atoms with van der Waals surface area (Å²) in [7, 11) is 0. The normalized spacial score (nSPS) is 17.0. The number of allylic oxidation sites excluding steroid dienone is 1. The van der Waals surface area contributed by atoms with Crippen LogP contribution in [0.1, 0.15) is 38.2 Å². The molecule has 0 bridgehead atoms. The number of hydrogen-bond acceptors (Lipinski definition) is 6. The van der Waals surface area contributed by atoms with E-state index in [-0.39, 0.29) is 36.8 Å². The van der Waals surface area contributed by atoms with Crippen LogP contribution in [0.25, 0.3) is 0 Å². The number of amides is 1. The first-order valence-electron chi connectivity index (χ1n) is 8.44. The topological polar surface area (TPSA) is 108 Å². The van der Waals surface area contributed by atoms with Gasteiger partial charge >= 0.3 is 5.97 Å². The summed E-state index contributed by atoms with van der Waals surface area (Å²) in [5.41, 5.74) is 0.774. The molecule has 8 nitrogen and oxygen atoms in total. The van der Waals surface area contributed by atoms with Crippen molar-refractivity contribution < 1.29 is 24.0 Å². The predicted octanol–water partition coefficient (Wildman–Crippen LogP) is 2.44. The first-order valence-corrected chi connectivity index (χ1v) is 8.44. The van der Waals surface area contributed by atoms with Crippen LogP contribution >= 0.6 is 0 Å². The quantitative estimate of drug-likeness (QED) is 0.329. The lowest BCUT2D eigenvalue weighted by Gasteiger charge is -2.26. The van der Waals surface area contributed by atoms with E-state index in [1.165, 1.54) is 6.07 Å². The minimum atomic E-state index is -0.727. The van der Waals surface area contributed by atoms with Gasteiger partial charge in [0.25, 0.3) is 5.69 Å². The standard InChI is InChI=1S/C18H22N2O6/c1-3-8-25-9-10-26-18(22)17-12(2)19-16(21)11-14(17)13-6-4-5-7-15(13)20(23)24/h4-7,14H,3,8-11H2,1-2H3,(H,19,21). The lowest BCUT2D eigenvalue weighted by molar-refractivity contribution is -0.385. The van der Waals surface area contributed by atoms with Gasteiger partial charge in [-0.2, -0.15) is 0 Å². The summed E-state index contributed by atoms with van der Waals surface area (Å²) in [4.78, 5) is 35.3. The molecule has 8 heteroatoms. The Morgan fingerprint density at radius 2 is 2.04 bits per heavy atom. The fourth-order valence-electron chi connectivity index (χ4n) is 2.90. The van der Waals surface area contributed by atoms with E-state index in [9.17, 15) is 19.7 Å². The number of nitrogens with zero attached hydrogens (tertiary/aromatic N) is 1. The van der Waals surface area contributed by atoms with E-state index in [1.807, 2.05) is 6.92 Å². The molecule has 140 valence electrons. The Kier molecular flexibility index (Phi) is 6.85. The first-order chi connectivity index (χ1) is 12.5. The van der Waals surface area contributed by atoms with Crippen molar-refractivity contribution in [3.05, 3.63) is 51.2 Å². The molecule has 0 radical (unpaired) electrons. The second-order valence-electron chi connectivity index (χ2n) is 5.91. The van der Waals surface area contributed by atoms with Gasteiger partial charge < -0.3 is 14.8 Å². The molecule has 1 aromatic carbocycles. The smallest absolute Gasteiger partial charge is 0.336 e. The van der Waals surface area contributed by atoms with Gasteiger partial charge in [0.05, 0.1) is 17.1 Å². The SMILES string of the molecule is CCCOCCOC(=O)C1=C(C)NC(=O)CC1c1ccccc1[N+](=O)[O-]. The van der Waals surface area contributed by atoms with Crippen LogP contribution in [0.15, 0.2) is 35.5 Å². The zero-order valence-corrected chi connectivity index (χ0v) is 14.8. The Morgan fingerprint density at radius 1 is 1.31 bits per heavy atom. The fourth-order valence-corrected chi connectivity index (χ4v) is 2.90. The molecule has 1 N–H and O–H groups in total. The molecule has 0 saturated heterocycles. The van der Waals surface area contributed by atoms with Crippen LogP contribution in [0.4, 0.5) is 5.69 Å². The lowest BCUT2D eigenvalue weighted by atomic mass is 9.83. The van der Waals surface area contributed by atoms with Crippen LogP contribution in [-0.2, 0) is 19.1 Å². The Balaban J connectivity index is 2.26. The van der Waals surface area contributed by atoms with Gasteiger partial charge in [-0.25, -0.2) is 4.79 Å². The molecule has 1 unspecified atom stereocenters. The van der Waals surface area contributed by atoms with Crippen LogP contribution in [0.3, 0.4) is 0 Å². The molecule has 0 fully saturated rings. The molecule has 1 atom stereocenters. The van der Waals surface area contributed by atoms with E-state index in [0.29, 0.717) is 17.9 Å². The summed E-state index contributed by atoms with van der Waals surface area (Å²) in [6.45, 7) is 4.49. The maximum Gasteiger partial charge on any atom is 0.336 e. The summed E-state index contributed by atoms with van der Waals surface area (Å²) >= 11 is 0. The number of nitro benzene ring substituents is 1. The maximum absolute atomic E-state index is 12.6. The number of benzene rings is 1. The van der Waals surface area contributed by atoms with E-state index in [2.05, 4.69) is 5.32 Å². The zero-order valence-electron chi connectivity index (χ0n) is 14.8. The average molecular weight is 362 g/mol. The zero-order chi connectivity index (χ0) is 19.1. The molecule has 1 aliphatic heterocycles. The molecule has 0 spiro atoms. The highest BCUT2D eigenvalue weighted by Gasteiger charge is 2.36. The highest BCUT2D eigenvalue weighted by molar-refractivity contribution is 5.96. The lowest BCUT2D eigenvalue weighted by Crippen LogP contribution is -2.34. The monoisotopic (exact) mass is 362 g/mol. The third-order valence-corrected chi connectivity index (χ3v) is 4.01. The van der Waals surface area contributed by atoms with Crippen molar-refractivity contribution in [3.63, 3.8) is 0 Å². The first kappa shape index (κ1) is 19.6. The second kappa shape index (κ2) is 9.10. The average Bonchev–Trinajstić information content (AvgIpc) is 2.60. The number of rotatable bonds is 8. The minimum absolute atomic E-state index is 0.0566. The highest BCUT2D eigenvalue weighted by Crippen LogP contribution is 2.37. The summed E-state index contributed by atoms with van der Waals surface area (Å²) < 4.78 is 10.5. The van der Waals surface area contributed by atoms with Gasteiger partial charge in [-0.05, 0) is 13.3 Å². The van der Waals surface area contributed by atoms with Gasteiger partial charge in [0.15, 0.2) is 0 Å². The predicted molar refractivity (Wildman–Crippen MR) is 93.4 cm³/mol. The van der Waals surface area contributed by atoms with Gasteiger partial charge in [0.2, 0.25) is 5.91 Å². The summed E-state index contributed by atoms with van der Waals surface area (Å²) in [5, 5.41) is 13.9. The van der Waals surface area contributed by atoms with E-state index in [4.69, 9.17) is 9.47 Å². The number of hydrogen-bond donors (Lipinski definition) is 1. The Hall–Kier alpha value is -2.74. The van der Waals surface area contributed by atoms with Crippen molar-refractivity contribution in [3.8, 4) is 0 Å². The highest BCUT2D eigenvalue weighted by atomic mass is 16.6. The van der Waals surface area contributed by atoms with E-state index in [1.54, 1.807) is 25.1 Å². The van der Waals surface area contributed by atoms with Crippen molar-refractivity contribution in [2.75, 3.05) is 19.8 Å². The Bertz CT molecular complexity index is 728. The van der Waals surface area contributed by atoms with Gasteiger partial charge in [0, 0.05) is 36.3 Å². The largest absolute Gasteiger partial charge is 0.460 e. The van der Waals surface area contributed by atoms with Crippen molar-refractivity contribution in [2.24, 2.45) is 0 Å². The minimum Gasteiger partial charge on any atom is -0.460 e. The number of nitro groups is 1. The van der Waals surface area contributed by atoms with Crippen LogP contribution in [0.5, 0.6) is 0 Å². The molecule has 1 aromatic rings.